The lowest BCUT2D eigenvalue weighted by Crippen LogP contribution is -2.21. The Kier molecular flexibility index (Phi) is 2.93. The molecule has 18 heavy (non-hydrogen) atoms. The second-order valence-electron chi connectivity index (χ2n) is 4.69. The van der Waals surface area contributed by atoms with Gasteiger partial charge in [-0.1, -0.05) is 42.5 Å². The third kappa shape index (κ3) is 1.94. The second-order valence-corrected chi connectivity index (χ2v) is 4.69. The third-order valence-corrected chi connectivity index (χ3v) is 3.59. The lowest BCUT2D eigenvalue weighted by molar-refractivity contribution is 0.415. The van der Waals surface area contributed by atoms with E-state index < -0.39 is 0 Å². The van der Waals surface area contributed by atoms with E-state index in [1.165, 1.54) is 11.1 Å². The SMILES string of the molecule is COc1cccc2c1NCC(c1ccccc1)C2. The molecule has 92 valence electrons. The first-order valence-electron chi connectivity index (χ1n) is 6.33. The van der Waals surface area contributed by atoms with Crippen LogP contribution in [-0.2, 0) is 6.42 Å². The first kappa shape index (κ1) is 11.1. The van der Waals surface area contributed by atoms with E-state index >= 15 is 0 Å². The summed E-state index contributed by atoms with van der Waals surface area (Å²) in [5, 5.41) is 3.51. The Labute approximate surface area is 108 Å². The molecule has 1 unspecified atom stereocenters. The molecule has 0 spiro atoms. The van der Waals surface area contributed by atoms with Gasteiger partial charge in [0.2, 0.25) is 0 Å². The van der Waals surface area contributed by atoms with Gasteiger partial charge in [-0.05, 0) is 23.6 Å². The summed E-state index contributed by atoms with van der Waals surface area (Å²) in [5.41, 5.74) is 3.90. The Morgan fingerprint density at radius 1 is 1.06 bits per heavy atom. The summed E-state index contributed by atoms with van der Waals surface area (Å²) in [7, 11) is 1.72. The van der Waals surface area contributed by atoms with Crippen molar-refractivity contribution in [2.24, 2.45) is 0 Å². The van der Waals surface area contributed by atoms with Gasteiger partial charge in [0.1, 0.15) is 5.75 Å². The van der Waals surface area contributed by atoms with Crippen LogP contribution >= 0.6 is 0 Å². The topological polar surface area (TPSA) is 21.3 Å². The molecule has 2 aromatic rings. The molecule has 1 heterocycles. The number of hydrogen-bond acceptors (Lipinski definition) is 2. The van der Waals surface area contributed by atoms with Gasteiger partial charge >= 0.3 is 0 Å². The van der Waals surface area contributed by atoms with Gasteiger partial charge in [-0.15, -0.1) is 0 Å². The number of anilines is 1. The van der Waals surface area contributed by atoms with Crippen molar-refractivity contribution in [3.05, 3.63) is 59.7 Å². The van der Waals surface area contributed by atoms with Crippen molar-refractivity contribution in [2.45, 2.75) is 12.3 Å². The van der Waals surface area contributed by atoms with E-state index in [4.69, 9.17) is 4.74 Å². The molecule has 0 radical (unpaired) electrons. The Morgan fingerprint density at radius 2 is 1.89 bits per heavy atom. The molecule has 1 atom stereocenters. The zero-order chi connectivity index (χ0) is 12.4. The Hall–Kier alpha value is -1.96. The zero-order valence-corrected chi connectivity index (χ0v) is 10.5. The van der Waals surface area contributed by atoms with Crippen molar-refractivity contribution in [3.8, 4) is 5.75 Å². The second kappa shape index (κ2) is 4.73. The van der Waals surface area contributed by atoms with E-state index in [1.807, 2.05) is 6.07 Å². The largest absolute Gasteiger partial charge is 0.495 e. The quantitative estimate of drug-likeness (QED) is 0.866. The highest BCUT2D eigenvalue weighted by molar-refractivity contribution is 5.64. The molecule has 0 aliphatic carbocycles. The van der Waals surface area contributed by atoms with E-state index in [1.54, 1.807) is 7.11 Å². The number of methoxy groups -OCH3 is 1. The first-order chi connectivity index (χ1) is 8.88. The van der Waals surface area contributed by atoms with Gasteiger partial charge in [-0.2, -0.15) is 0 Å². The molecule has 1 aliphatic rings. The van der Waals surface area contributed by atoms with E-state index in [2.05, 4.69) is 47.8 Å². The van der Waals surface area contributed by atoms with Gasteiger partial charge in [0.15, 0.2) is 0 Å². The standard InChI is InChI=1S/C16H17NO/c1-18-15-9-5-8-13-10-14(11-17-16(13)15)12-6-3-2-4-7-12/h2-9,14,17H,10-11H2,1H3. The lowest BCUT2D eigenvalue weighted by atomic mass is 9.88. The molecule has 2 aromatic carbocycles. The Bertz CT molecular complexity index is 536. The highest BCUT2D eigenvalue weighted by Gasteiger charge is 2.21. The summed E-state index contributed by atoms with van der Waals surface area (Å²) in [6.07, 6.45) is 1.07. The third-order valence-electron chi connectivity index (χ3n) is 3.59. The number of para-hydroxylation sites is 1. The van der Waals surface area contributed by atoms with Crippen molar-refractivity contribution in [2.75, 3.05) is 19.0 Å². The summed E-state index contributed by atoms with van der Waals surface area (Å²) >= 11 is 0. The first-order valence-corrected chi connectivity index (χ1v) is 6.33. The summed E-state index contributed by atoms with van der Waals surface area (Å²) < 4.78 is 5.39. The molecule has 0 saturated heterocycles. The fraction of sp³-hybridized carbons (Fsp3) is 0.250. The Balaban J connectivity index is 1.90. The number of ether oxygens (including phenoxy) is 1. The fourth-order valence-corrected chi connectivity index (χ4v) is 2.64. The van der Waals surface area contributed by atoms with Gasteiger partial charge in [0.25, 0.3) is 0 Å². The molecular weight excluding hydrogens is 222 g/mol. The number of hydrogen-bond donors (Lipinski definition) is 1. The molecule has 2 heteroatoms. The Morgan fingerprint density at radius 3 is 2.67 bits per heavy atom. The summed E-state index contributed by atoms with van der Waals surface area (Å²) in [6.45, 7) is 0.970. The number of benzene rings is 2. The van der Waals surface area contributed by atoms with Crippen LogP contribution < -0.4 is 10.1 Å². The number of nitrogens with one attached hydrogen (secondary N) is 1. The van der Waals surface area contributed by atoms with Crippen LogP contribution in [0.15, 0.2) is 48.5 Å². The highest BCUT2D eigenvalue weighted by Crippen LogP contribution is 2.36. The summed E-state index contributed by atoms with van der Waals surface area (Å²) in [6, 6.07) is 16.9. The monoisotopic (exact) mass is 239 g/mol. The lowest BCUT2D eigenvalue weighted by Gasteiger charge is -2.27. The minimum atomic E-state index is 0.547. The molecule has 1 N–H and O–H groups in total. The maximum atomic E-state index is 5.39. The molecule has 1 aliphatic heterocycles. The zero-order valence-electron chi connectivity index (χ0n) is 10.5. The molecule has 0 bridgehead atoms. The van der Waals surface area contributed by atoms with Crippen molar-refractivity contribution < 1.29 is 4.74 Å². The van der Waals surface area contributed by atoms with Crippen molar-refractivity contribution >= 4 is 5.69 Å². The van der Waals surface area contributed by atoms with Crippen LogP contribution in [0.1, 0.15) is 17.0 Å². The van der Waals surface area contributed by atoms with Gasteiger partial charge in [-0.3, -0.25) is 0 Å². The molecule has 2 nitrogen and oxygen atoms in total. The van der Waals surface area contributed by atoms with Crippen molar-refractivity contribution in [1.82, 2.24) is 0 Å². The van der Waals surface area contributed by atoms with Crippen LogP contribution in [0.4, 0.5) is 5.69 Å². The molecule has 0 aromatic heterocycles. The molecular formula is C16H17NO. The van der Waals surface area contributed by atoms with Gasteiger partial charge in [-0.25, -0.2) is 0 Å². The predicted octanol–water partition coefficient (Wildman–Crippen LogP) is 3.45. The average Bonchev–Trinajstić information content (AvgIpc) is 2.47. The average molecular weight is 239 g/mol. The highest BCUT2D eigenvalue weighted by atomic mass is 16.5. The van der Waals surface area contributed by atoms with Crippen molar-refractivity contribution in [1.29, 1.82) is 0 Å². The van der Waals surface area contributed by atoms with Crippen LogP contribution in [0.5, 0.6) is 5.75 Å². The predicted molar refractivity (Wildman–Crippen MR) is 74.4 cm³/mol. The minimum Gasteiger partial charge on any atom is -0.495 e. The van der Waals surface area contributed by atoms with E-state index in [0.29, 0.717) is 5.92 Å². The molecule has 0 saturated carbocycles. The van der Waals surface area contributed by atoms with Crippen LogP contribution in [0.25, 0.3) is 0 Å². The van der Waals surface area contributed by atoms with Crippen molar-refractivity contribution in [3.63, 3.8) is 0 Å². The number of rotatable bonds is 2. The molecule has 0 fully saturated rings. The van der Waals surface area contributed by atoms with Crippen LogP contribution in [0.3, 0.4) is 0 Å². The van der Waals surface area contributed by atoms with E-state index in [-0.39, 0.29) is 0 Å². The smallest absolute Gasteiger partial charge is 0.142 e. The molecule has 3 rings (SSSR count). The van der Waals surface area contributed by atoms with Crippen LogP contribution in [-0.4, -0.2) is 13.7 Å². The summed E-state index contributed by atoms with van der Waals surface area (Å²) in [4.78, 5) is 0. The van der Waals surface area contributed by atoms with Gasteiger partial charge in [0, 0.05) is 12.5 Å². The van der Waals surface area contributed by atoms with Crippen LogP contribution in [0, 0.1) is 0 Å². The number of fused-ring (bicyclic) bond motifs is 1. The van der Waals surface area contributed by atoms with Gasteiger partial charge in [0.05, 0.1) is 12.8 Å². The molecule has 0 amide bonds. The van der Waals surface area contributed by atoms with Crippen LogP contribution in [0.2, 0.25) is 0 Å². The maximum Gasteiger partial charge on any atom is 0.142 e. The minimum absolute atomic E-state index is 0.547. The van der Waals surface area contributed by atoms with E-state index in [0.717, 1.165) is 24.4 Å². The normalized spacial score (nSPS) is 17.7. The van der Waals surface area contributed by atoms with E-state index in [9.17, 15) is 0 Å². The maximum absolute atomic E-state index is 5.39. The summed E-state index contributed by atoms with van der Waals surface area (Å²) in [5.74, 6) is 1.49. The fourth-order valence-electron chi connectivity index (χ4n) is 2.64. The van der Waals surface area contributed by atoms with Gasteiger partial charge < -0.3 is 10.1 Å².